The molecule has 2 nitrogen and oxygen atoms in total. The molecule has 1 aromatic carbocycles. The average Bonchev–Trinajstić information content (AvgIpc) is 2.42. The molecule has 2 aliphatic rings. The molecule has 0 aliphatic carbocycles. The Hall–Kier alpha value is -1.18. The molecule has 0 saturated heterocycles. The highest BCUT2D eigenvalue weighted by atomic mass is 16.5. The number of hydrogen-bond donors (Lipinski definition) is 0. The van der Waals surface area contributed by atoms with E-state index in [1.807, 2.05) is 0 Å². The zero-order valence-electron chi connectivity index (χ0n) is 11.2. The average molecular weight is 246 g/mol. The van der Waals surface area contributed by atoms with Crippen molar-refractivity contribution in [2.45, 2.75) is 45.4 Å². The highest BCUT2D eigenvalue weighted by Crippen LogP contribution is 2.37. The fourth-order valence-electron chi connectivity index (χ4n) is 2.98. The first-order valence-electron chi connectivity index (χ1n) is 7.28. The van der Waals surface area contributed by atoms with Gasteiger partial charge >= 0.3 is 0 Å². The van der Waals surface area contributed by atoms with E-state index >= 15 is 0 Å². The summed E-state index contributed by atoms with van der Waals surface area (Å²) < 4.78 is 11.6. The predicted molar refractivity (Wildman–Crippen MR) is 72.5 cm³/mol. The zero-order valence-corrected chi connectivity index (χ0v) is 11.2. The summed E-state index contributed by atoms with van der Waals surface area (Å²) in [5.74, 6) is 2.82. The zero-order chi connectivity index (χ0) is 12.4. The van der Waals surface area contributed by atoms with Gasteiger partial charge < -0.3 is 9.47 Å². The van der Waals surface area contributed by atoms with Crippen molar-refractivity contribution in [1.29, 1.82) is 0 Å². The molecule has 0 bridgehead atoms. The van der Waals surface area contributed by atoms with Crippen LogP contribution in [0.3, 0.4) is 0 Å². The van der Waals surface area contributed by atoms with Crippen LogP contribution in [0, 0.1) is 5.92 Å². The second-order valence-corrected chi connectivity index (χ2v) is 5.54. The molecule has 1 atom stereocenters. The van der Waals surface area contributed by atoms with Gasteiger partial charge in [0, 0.05) is 6.07 Å². The van der Waals surface area contributed by atoms with Gasteiger partial charge in [0.1, 0.15) is 11.5 Å². The lowest BCUT2D eigenvalue weighted by atomic mass is 9.90. The van der Waals surface area contributed by atoms with E-state index < -0.39 is 0 Å². The Morgan fingerprint density at radius 2 is 2.06 bits per heavy atom. The molecule has 3 rings (SSSR count). The summed E-state index contributed by atoms with van der Waals surface area (Å²) in [6.45, 7) is 3.99. The van der Waals surface area contributed by atoms with Gasteiger partial charge in [-0.25, -0.2) is 0 Å². The molecule has 2 heterocycles. The number of ether oxygens (including phenoxy) is 2. The summed E-state index contributed by atoms with van der Waals surface area (Å²) in [4.78, 5) is 0. The van der Waals surface area contributed by atoms with Crippen LogP contribution in [0.15, 0.2) is 12.1 Å². The van der Waals surface area contributed by atoms with E-state index in [1.54, 1.807) is 0 Å². The van der Waals surface area contributed by atoms with Gasteiger partial charge in [0.2, 0.25) is 0 Å². The maximum Gasteiger partial charge on any atom is 0.126 e. The van der Waals surface area contributed by atoms with Crippen molar-refractivity contribution >= 4 is 0 Å². The van der Waals surface area contributed by atoms with Gasteiger partial charge in [-0.05, 0) is 48.8 Å². The summed E-state index contributed by atoms with van der Waals surface area (Å²) in [6, 6.07) is 4.43. The topological polar surface area (TPSA) is 18.5 Å². The molecule has 0 spiro atoms. The fourth-order valence-corrected chi connectivity index (χ4v) is 2.98. The van der Waals surface area contributed by atoms with E-state index in [4.69, 9.17) is 9.47 Å². The maximum absolute atomic E-state index is 5.92. The number of benzene rings is 1. The molecule has 0 N–H and O–H groups in total. The molecule has 0 amide bonds. The molecule has 0 saturated carbocycles. The van der Waals surface area contributed by atoms with Gasteiger partial charge in [0.25, 0.3) is 0 Å². The molecule has 0 fully saturated rings. The lowest BCUT2D eigenvalue weighted by molar-refractivity contribution is 0.208. The third-order valence-corrected chi connectivity index (χ3v) is 4.04. The van der Waals surface area contributed by atoms with Gasteiger partial charge in [0.15, 0.2) is 0 Å². The van der Waals surface area contributed by atoms with E-state index in [9.17, 15) is 0 Å². The third kappa shape index (κ3) is 2.33. The molecule has 1 unspecified atom stereocenters. The maximum atomic E-state index is 5.92. The first-order chi connectivity index (χ1) is 8.86. The van der Waals surface area contributed by atoms with Gasteiger partial charge in [-0.1, -0.05) is 19.8 Å². The molecular formula is C16H22O2. The highest BCUT2D eigenvalue weighted by molar-refractivity contribution is 5.48. The second-order valence-electron chi connectivity index (χ2n) is 5.54. The van der Waals surface area contributed by atoms with Gasteiger partial charge in [-0.3, -0.25) is 0 Å². The lowest BCUT2D eigenvalue weighted by Crippen LogP contribution is -2.21. The standard InChI is InChI=1S/C16H22O2/c1-2-3-5-12-8-14-9-13-6-4-7-17-15(13)10-16(14)18-11-12/h9-10,12H,2-8,11H2,1H3. The fraction of sp³-hybridized carbons (Fsp3) is 0.625. The van der Waals surface area contributed by atoms with Crippen LogP contribution in [-0.4, -0.2) is 13.2 Å². The minimum Gasteiger partial charge on any atom is -0.493 e. The second kappa shape index (κ2) is 5.21. The Balaban J connectivity index is 1.78. The van der Waals surface area contributed by atoms with Crippen LogP contribution < -0.4 is 9.47 Å². The normalized spacial score (nSPS) is 21.5. The summed E-state index contributed by atoms with van der Waals surface area (Å²) in [5.41, 5.74) is 2.77. The van der Waals surface area contributed by atoms with E-state index in [0.29, 0.717) is 5.92 Å². The van der Waals surface area contributed by atoms with Crippen molar-refractivity contribution in [2.75, 3.05) is 13.2 Å². The van der Waals surface area contributed by atoms with Crippen LogP contribution in [0.5, 0.6) is 11.5 Å². The predicted octanol–water partition coefficient (Wildman–Crippen LogP) is 3.75. The quantitative estimate of drug-likeness (QED) is 0.808. The Bertz CT molecular complexity index is 425. The Labute approximate surface area is 109 Å². The van der Waals surface area contributed by atoms with Crippen molar-refractivity contribution in [3.63, 3.8) is 0 Å². The first kappa shape index (κ1) is 11.9. The van der Waals surface area contributed by atoms with Crippen molar-refractivity contribution in [1.82, 2.24) is 0 Å². The van der Waals surface area contributed by atoms with Crippen LogP contribution >= 0.6 is 0 Å². The van der Waals surface area contributed by atoms with Gasteiger partial charge in [0.05, 0.1) is 13.2 Å². The number of fused-ring (bicyclic) bond motifs is 2. The number of rotatable bonds is 3. The molecule has 18 heavy (non-hydrogen) atoms. The Morgan fingerprint density at radius 3 is 2.94 bits per heavy atom. The molecular weight excluding hydrogens is 224 g/mol. The monoisotopic (exact) mass is 246 g/mol. The summed E-state index contributed by atoms with van der Waals surface area (Å²) >= 11 is 0. The van der Waals surface area contributed by atoms with Crippen LogP contribution in [0.2, 0.25) is 0 Å². The van der Waals surface area contributed by atoms with Crippen molar-refractivity contribution in [2.24, 2.45) is 5.92 Å². The van der Waals surface area contributed by atoms with Crippen LogP contribution in [0.4, 0.5) is 0 Å². The Morgan fingerprint density at radius 1 is 1.17 bits per heavy atom. The minimum atomic E-state index is 0.708. The summed E-state index contributed by atoms with van der Waals surface area (Å²) in [6.07, 6.45) is 7.37. The molecule has 2 heteroatoms. The summed E-state index contributed by atoms with van der Waals surface area (Å²) in [5, 5.41) is 0. The van der Waals surface area contributed by atoms with Crippen LogP contribution in [0.25, 0.3) is 0 Å². The van der Waals surface area contributed by atoms with Crippen LogP contribution in [0.1, 0.15) is 43.7 Å². The largest absolute Gasteiger partial charge is 0.493 e. The molecule has 1 aromatic rings. The number of aryl methyl sites for hydroxylation is 1. The molecule has 2 aliphatic heterocycles. The lowest BCUT2D eigenvalue weighted by Gasteiger charge is -2.28. The molecule has 0 radical (unpaired) electrons. The molecule has 0 aromatic heterocycles. The first-order valence-corrected chi connectivity index (χ1v) is 7.28. The van der Waals surface area contributed by atoms with E-state index in [0.717, 1.165) is 37.6 Å². The van der Waals surface area contributed by atoms with Gasteiger partial charge in [-0.2, -0.15) is 0 Å². The SMILES string of the molecule is CCCCC1COc2cc3c(cc2C1)CCCO3. The van der Waals surface area contributed by atoms with E-state index in [2.05, 4.69) is 19.1 Å². The number of hydrogen-bond acceptors (Lipinski definition) is 2. The van der Waals surface area contributed by atoms with E-state index in [1.165, 1.54) is 36.8 Å². The van der Waals surface area contributed by atoms with Crippen LogP contribution in [-0.2, 0) is 12.8 Å². The number of unbranched alkanes of at least 4 members (excludes halogenated alkanes) is 1. The minimum absolute atomic E-state index is 0.708. The van der Waals surface area contributed by atoms with Crippen molar-refractivity contribution < 1.29 is 9.47 Å². The highest BCUT2D eigenvalue weighted by Gasteiger charge is 2.22. The van der Waals surface area contributed by atoms with Crippen molar-refractivity contribution in [3.05, 3.63) is 23.3 Å². The van der Waals surface area contributed by atoms with E-state index in [-0.39, 0.29) is 0 Å². The van der Waals surface area contributed by atoms with Crippen molar-refractivity contribution in [3.8, 4) is 11.5 Å². The summed E-state index contributed by atoms with van der Waals surface area (Å²) in [7, 11) is 0. The van der Waals surface area contributed by atoms with Gasteiger partial charge in [-0.15, -0.1) is 0 Å². The smallest absolute Gasteiger partial charge is 0.126 e. The molecule has 98 valence electrons. The Kier molecular flexibility index (Phi) is 3.44. The third-order valence-electron chi connectivity index (χ3n) is 4.04.